The molecule has 0 bridgehead atoms. The summed E-state index contributed by atoms with van der Waals surface area (Å²) in [4.78, 5) is 0. The average Bonchev–Trinajstić information content (AvgIpc) is 2.69. The molecule has 1 fully saturated rings. The Balaban J connectivity index is 0.00000144. The van der Waals surface area contributed by atoms with E-state index in [1.54, 1.807) is 0 Å². The van der Waals surface area contributed by atoms with Gasteiger partial charge in [0.05, 0.1) is 5.56 Å². The van der Waals surface area contributed by atoms with E-state index in [9.17, 15) is 17.6 Å². The molecule has 0 aromatic heterocycles. The number of hydrogen-bond donors (Lipinski definition) is 1. The Morgan fingerprint density at radius 1 is 1.24 bits per heavy atom. The minimum Gasteiger partial charge on any atom is -0.310 e. The minimum absolute atomic E-state index is 0. The van der Waals surface area contributed by atoms with E-state index in [4.69, 9.17) is 0 Å². The Kier molecular flexibility index (Phi) is 4.38. The van der Waals surface area contributed by atoms with Crippen molar-refractivity contribution in [2.75, 3.05) is 6.54 Å². The molecule has 0 radical (unpaired) electrons. The topological polar surface area (TPSA) is 12.0 Å². The molecule has 6 heteroatoms. The van der Waals surface area contributed by atoms with E-state index >= 15 is 0 Å². The van der Waals surface area contributed by atoms with Crippen LogP contribution in [0, 0.1) is 5.82 Å². The summed E-state index contributed by atoms with van der Waals surface area (Å²) >= 11 is 0. The number of halogens is 5. The van der Waals surface area contributed by atoms with Gasteiger partial charge in [-0.3, -0.25) is 0 Å². The molecule has 2 rings (SSSR count). The molecule has 0 amide bonds. The van der Waals surface area contributed by atoms with Crippen molar-refractivity contribution in [1.82, 2.24) is 5.32 Å². The molecule has 0 spiro atoms. The summed E-state index contributed by atoms with van der Waals surface area (Å²) < 4.78 is 50.7. The largest absolute Gasteiger partial charge is 0.416 e. The third kappa shape index (κ3) is 3.10. The summed E-state index contributed by atoms with van der Waals surface area (Å²) in [6.45, 7) is 0.723. The fraction of sp³-hybridized carbons (Fsp3) is 0.455. The van der Waals surface area contributed by atoms with Gasteiger partial charge in [-0.05, 0) is 37.6 Å². The van der Waals surface area contributed by atoms with Crippen LogP contribution in [-0.2, 0) is 6.18 Å². The molecule has 1 saturated heterocycles. The Hall–Kier alpha value is -0.810. The molecule has 0 unspecified atom stereocenters. The summed E-state index contributed by atoms with van der Waals surface area (Å²) in [6.07, 6.45) is -2.88. The molecule has 1 aromatic rings. The van der Waals surface area contributed by atoms with E-state index in [2.05, 4.69) is 5.32 Å². The normalized spacial score (nSPS) is 20.1. The standard InChI is InChI=1S/C11H11F4N.ClH/c12-9-4-3-7(11(13,14)15)6-8(9)10-2-1-5-16-10;/h3-4,6,10,16H,1-2,5H2;1H/t10-;/m0./s1. The van der Waals surface area contributed by atoms with Crippen LogP contribution in [0.1, 0.15) is 30.0 Å². The monoisotopic (exact) mass is 269 g/mol. The molecule has 1 nitrogen and oxygen atoms in total. The lowest BCUT2D eigenvalue weighted by atomic mass is 10.0. The van der Waals surface area contributed by atoms with Crippen LogP contribution in [-0.4, -0.2) is 6.54 Å². The fourth-order valence-electron chi connectivity index (χ4n) is 1.94. The van der Waals surface area contributed by atoms with Crippen LogP contribution in [0.5, 0.6) is 0 Å². The maximum atomic E-state index is 13.4. The van der Waals surface area contributed by atoms with E-state index in [0.29, 0.717) is 6.42 Å². The number of benzene rings is 1. The summed E-state index contributed by atoms with van der Waals surface area (Å²) in [5.74, 6) is -0.576. The van der Waals surface area contributed by atoms with Crippen LogP contribution in [0.15, 0.2) is 18.2 Å². The van der Waals surface area contributed by atoms with Crippen molar-refractivity contribution in [2.24, 2.45) is 0 Å². The first-order chi connectivity index (χ1) is 7.48. The highest BCUT2D eigenvalue weighted by Crippen LogP contribution is 2.33. The van der Waals surface area contributed by atoms with E-state index < -0.39 is 17.6 Å². The third-order valence-electron chi connectivity index (χ3n) is 2.76. The first-order valence-electron chi connectivity index (χ1n) is 5.08. The van der Waals surface area contributed by atoms with E-state index in [0.717, 1.165) is 31.2 Å². The van der Waals surface area contributed by atoms with Gasteiger partial charge in [-0.2, -0.15) is 13.2 Å². The van der Waals surface area contributed by atoms with Gasteiger partial charge in [-0.1, -0.05) is 0 Å². The Morgan fingerprint density at radius 2 is 1.94 bits per heavy atom. The van der Waals surface area contributed by atoms with Crippen LogP contribution < -0.4 is 5.32 Å². The van der Waals surface area contributed by atoms with Gasteiger partial charge < -0.3 is 5.32 Å². The van der Waals surface area contributed by atoms with Crippen molar-refractivity contribution in [3.05, 3.63) is 35.1 Å². The average molecular weight is 270 g/mol. The molecule has 96 valence electrons. The van der Waals surface area contributed by atoms with Crippen molar-refractivity contribution in [1.29, 1.82) is 0 Å². The molecule has 1 aliphatic rings. The maximum absolute atomic E-state index is 13.4. The van der Waals surface area contributed by atoms with Crippen molar-refractivity contribution >= 4 is 12.4 Å². The highest BCUT2D eigenvalue weighted by atomic mass is 35.5. The van der Waals surface area contributed by atoms with Crippen LogP contribution >= 0.6 is 12.4 Å². The highest BCUT2D eigenvalue weighted by Gasteiger charge is 2.32. The Bertz CT molecular complexity index is 386. The Morgan fingerprint density at radius 3 is 2.47 bits per heavy atom. The van der Waals surface area contributed by atoms with Crippen molar-refractivity contribution in [3.8, 4) is 0 Å². The lowest BCUT2D eigenvalue weighted by Crippen LogP contribution is -2.16. The second-order valence-corrected chi connectivity index (χ2v) is 3.88. The third-order valence-corrected chi connectivity index (χ3v) is 2.76. The predicted molar refractivity (Wildman–Crippen MR) is 58.6 cm³/mol. The highest BCUT2D eigenvalue weighted by molar-refractivity contribution is 5.85. The van der Waals surface area contributed by atoms with Crippen molar-refractivity contribution in [2.45, 2.75) is 25.1 Å². The molecule has 1 heterocycles. The van der Waals surface area contributed by atoms with Crippen molar-refractivity contribution < 1.29 is 17.6 Å². The summed E-state index contributed by atoms with van der Waals surface area (Å²) in [5.41, 5.74) is -0.676. The molecule has 0 saturated carbocycles. The van der Waals surface area contributed by atoms with E-state index in [1.807, 2.05) is 0 Å². The number of rotatable bonds is 1. The van der Waals surface area contributed by atoms with Gasteiger partial charge in [0.15, 0.2) is 0 Å². The van der Waals surface area contributed by atoms with Crippen LogP contribution in [0.3, 0.4) is 0 Å². The zero-order valence-corrected chi connectivity index (χ0v) is 9.67. The van der Waals surface area contributed by atoms with Crippen LogP contribution in [0.2, 0.25) is 0 Å². The second-order valence-electron chi connectivity index (χ2n) is 3.88. The summed E-state index contributed by atoms with van der Waals surface area (Å²) in [6, 6.07) is 2.27. The maximum Gasteiger partial charge on any atom is 0.416 e. The lowest BCUT2D eigenvalue weighted by molar-refractivity contribution is -0.137. The zero-order chi connectivity index (χ0) is 11.8. The van der Waals surface area contributed by atoms with Gasteiger partial charge in [0, 0.05) is 11.6 Å². The summed E-state index contributed by atoms with van der Waals surface area (Å²) in [7, 11) is 0. The lowest BCUT2D eigenvalue weighted by Gasteiger charge is -2.14. The molecule has 1 aliphatic heterocycles. The zero-order valence-electron chi connectivity index (χ0n) is 8.85. The number of hydrogen-bond acceptors (Lipinski definition) is 1. The minimum atomic E-state index is -4.42. The Labute approximate surface area is 103 Å². The molecule has 17 heavy (non-hydrogen) atoms. The smallest absolute Gasteiger partial charge is 0.310 e. The molecule has 1 aromatic carbocycles. The molecule has 0 aliphatic carbocycles. The first kappa shape index (κ1) is 14.3. The fourth-order valence-corrected chi connectivity index (χ4v) is 1.94. The van der Waals surface area contributed by atoms with Crippen molar-refractivity contribution in [3.63, 3.8) is 0 Å². The van der Waals surface area contributed by atoms with Gasteiger partial charge in [0.25, 0.3) is 0 Å². The molecular formula is C11H12ClF4N. The number of nitrogens with one attached hydrogen (secondary N) is 1. The predicted octanol–water partition coefficient (Wildman–Crippen LogP) is 3.69. The second kappa shape index (κ2) is 5.23. The van der Waals surface area contributed by atoms with Gasteiger partial charge >= 0.3 is 6.18 Å². The first-order valence-corrected chi connectivity index (χ1v) is 5.08. The molecule has 1 atom stereocenters. The molecular weight excluding hydrogens is 258 g/mol. The molecule has 1 N–H and O–H groups in total. The SMILES string of the molecule is Cl.Fc1ccc(C(F)(F)F)cc1[C@@H]1CCCN1. The van der Waals surface area contributed by atoms with Crippen LogP contribution in [0.4, 0.5) is 17.6 Å². The van der Waals surface area contributed by atoms with Gasteiger partial charge in [-0.15, -0.1) is 12.4 Å². The van der Waals surface area contributed by atoms with E-state index in [-0.39, 0.29) is 24.0 Å². The van der Waals surface area contributed by atoms with Gasteiger partial charge in [0.1, 0.15) is 5.82 Å². The quantitative estimate of drug-likeness (QED) is 0.767. The van der Waals surface area contributed by atoms with Gasteiger partial charge in [-0.25, -0.2) is 4.39 Å². The van der Waals surface area contributed by atoms with Crippen LogP contribution in [0.25, 0.3) is 0 Å². The summed E-state index contributed by atoms with van der Waals surface area (Å²) in [5, 5.41) is 2.99. The van der Waals surface area contributed by atoms with E-state index in [1.165, 1.54) is 0 Å². The number of alkyl halides is 3. The van der Waals surface area contributed by atoms with Gasteiger partial charge in [0.2, 0.25) is 0 Å².